The van der Waals surface area contributed by atoms with Crippen molar-refractivity contribution in [3.05, 3.63) is 64.8 Å². The maximum Gasteiger partial charge on any atom is 0.190 e. The molecule has 0 spiro atoms. The van der Waals surface area contributed by atoms with E-state index in [2.05, 4.69) is 34.2 Å². The van der Waals surface area contributed by atoms with Crippen LogP contribution in [0.15, 0.2) is 65.0 Å². The quantitative estimate of drug-likeness (QED) is 0.561. The third-order valence-corrected chi connectivity index (χ3v) is 5.89. The van der Waals surface area contributed by atoms with Crippen molar-refractivity contribution in [2.75, 3.05) is 7.11 Å². The summed E-state index contributed by atoms with van der Waals surface area (Å²) in [6.07, 6.45) is 6.44. The van der Waals surface area contributed by atoms with Crippen molar-refractivity contribution in [3.63, 3.8) is 0 Å². The molecule has 1 heterocycles. The molecule has 0 aliphatic heterocycles. The van der Waals surface area contributed by atoms with Gasteiger partial charge < -0.3 is 9.30 Å². The molecule has 1 saturated carbocycles. The minimum absolute atomic E-state index is 0.537. The molecule has 0 unspecified atom stereocenters. The fourth-order valence-electron chi connectivity index (χ4n) is 3.68. The number of benzene rings is 2. The Bertz CT molecular complexity index is 903. The number of aromatic nitrogens is 1. The van der Waals surface area contributed by atoms with Crippen molar-refractivity contribution in [2.45, 2.75) is 38.1 Å². The van der Waals surface area contributed by atoms with Crippen molar-refractivity contribution in [2.24, 2.45) is 4.99 Å². The molecule has 26 heavy (non-hydrogen) atoms. The van der Waals surface area contributed by atoms with Gasteiger partial charge in [-0.15, -0.1) is 11.3 Å². The fraction of sp³-hybridized carbons (Fsp3) is 0.318. The second-order valence-electron chi connectivity index (χ2n) is 6.74. The fourth-order valence-corrected chi connectivity index (χ4v) is 4.67. The van der Waals surface area contributed by atoms with Crippen LogP contribution in [0.3, 0.4) is 0 Å². The highest BCUT2D eigenvalue weighted by Gasteiger charge is 2.20. The van der Waals surface area contributed by atoms with Gasteiger partial charge >= 0.3 is 0 Å². The Morgan fingerprint density at radius 3 is 2.38 bits per heavy atom. The lowest BCUT2D eigenvalue weighted by Crippen LogP contribution is -2.23. The Morgan fingerprint density at radius 2 is 1.69 bits per heavy atom. The summed E-state index contributed by atoms with van der Waals surface area (Å²) in [5.74, 6) is 0.891. The van der Waals surface area contributed by atoms with Gasteiger partial charge in [-0.05, 0) is 54.8 Å². The molecule has 1 aliphatic rings. The molecule has 2 aromatic carbocycles. The number of para-hydroxylation sites is 1. The van der Waals surface area contributed by atoms with Gasteiger partial charge in [0.2, 0.25) is 0 Å². The van der Waals surface area contributed by atoms with E-state index in [4.69, 9.17) is 9.73 Å². The van der Waals surface area contributed by atoms with Crippen molar-refractivity contribution in [1.82, 2.24) is 4.57 Å². The van der Waals surface area contributed by atoms with Gasteiger partial charge in [-0.1, -0.05) is 37.5 Å². The highest BCUT2D eigenvalue weighted by Crippen LogP contribution is 2.33. The molecule has 0 N–H and O–H groups in total. The van der Waals surface area contributed by atoms with E-state index >= 15 is 0 Å². The number of methoxy groups -OCH3 is 1. The summed E-state index contributed by atoms with van der Waals surface area (Å²) in [5.41, 5.74) is 3.50. The molecule has 1 aromatic heterocycles. The monoisotopic (exact) mass is 364 g/mol. The van der Waals surface area contributed by atoms with Crippen LogP contribution in [0.4, 0.5) is 5.69 Å². The van der Waals surface area contributed by atoms with Crippen LogP contribution in [-0.2, 0) is 0 Å². The maximum absolute atomic E-state index is 5.31. The molecule has 4 heteroatoms. The Hall–Kier alpha value is -2.33. The smallest absolute Gasteiger partial charge is 0.190 e. The van der Waals surface area contributed by atoms with Crippen molar-refractivity contribution < 1.29 is 4.74 Å². The Labute approximate surface area is 158 Å². The van der Waals surface area contributed by atoms with Crippen LogP contribution >= 0.6 is 11.3 Å². The zero-order chi connectivity index (χ0) is 17.8. The van der Waals surface area contributed by atoms with Gasteiger partial charge in [-0.3, -0.25) is 0 Å². The molecule has 3 nitrogen and oxygen atoms in total. The molecule has 1 fully saturated rings. The van der Waals surface area contributed by atoms with Crippen LogP contribution in [0.25, 0.3) is 11.3 Å². The van der Waals surface area contributed by atoms with Crippen LogP contribution in [0.5, 0.6) is 5.75 Å². The summed E-state index contributed by atoms with van der Waals surface area (Å²) in [6, 6.07) is 19.2. The molecular weight excluding hydrogens is 340 g/mol. The van der Waals surface area contributed by atoms with Gasteiger partial charge in [0.05, 0.1) is 18.5 Å². The lowest BCUT2D eigenvalue weighted by Gasteiger charge is -2.25. The Balaban J connectivity index is 1.82. The highest BCUT2D eigenvalue weighted by molar-refractivity contribution is 7.07. The molecule has 4 rings (SSSR count). The number of hydrogen-bond acceptors (Lipinski definition) is 3. The summed E-state index contributed by atoms with van der Waals surface area (Å²) in [6.45, 7) is 0. The van der Waals surface area contributed by atoms with Gasteiger partial charge in [0.1, 0.15) is 5.75 Å². The Kier molecular flexibility index (Phi) is 5.21. The lowest BCUT2D eigenvalue weighted by atomic mass is 9.95. The predicted molar refractivity (Wildman–Crippen MR) is 108 cm³/mol. The second-order valence-corrected chi connectivity index (χ2v) is 7.58. The highest BCUT2D eigenvalue weighted by atomic mass is 32.1. The van der Waals surface area contributed by atoms with E-state index in [-0.39, 0.29) is 0 Å². The summed E-state index contributed by atoms with van der Waals surface area (Å²) in [5, 5.41) is 2.25. The molecule has 0 atom stereocenters. The number of hydrogen-bond donors (Lipinski definition) is 0. The average molecular weight is 365 g/mol. The van der Waals surface area contributed by atoms with Crippen molar-refractivity contribution in [1.29, 1.82) is 0 Å². The SMILES string of the molecule is COc1ccc(-c2csc(=Nc3ccccc3)n2C2CCCCC2)cc1. The summed E-state index contributed by atoms with van der Waals surface area (Å²) in [4.78, 5) is 6.04. The topological polar surface area (TPSA) is 26.5 Å². The van der Waals surface area contributed by atoms with Crippen molar-refractivity contribution in [3.8, 4) is 17.0 Å². The van der Waals surface area contributed by atoms with E-state index in [1.165, 1.54) is 43.4 Å². The molecule has 0 bridgehead atoms. The van der Waals surface area contributed by atoms with E-state index in [0.717, 1.165) is 16.2 Å². The Morgan fingerprint density at radius 1 is 0.962 bits per heavy atom. The average Bonchev–Trinajstić information content (AvgIpc) is 3.13. The molecule has 0 amide bonds. The van der Waals surface area contributed by atoms with Gasteiger partial charge in [0.25, 0.3) is 0 Å². The van der Waals surface area contributed by atoms with Crippen LogP contribution in [0.1, 0.15) is 38.1 Å². The summed E-state index contributed by atoms with van der Waals surface area (Å²) >= 11 is 1.73. The lowest BCUT2D eigenvalue weighted by molar-refractivity contribution is 0.351. The third kappa shape index (κ3) is 3.61. The van der Waals surface area contributed by atoms with Gasteiger partial charge in [-0.2, -0.15) is 0 Å². The first-order valence-corrected chi connectivity index (χ1v) is 10.2. The molecule has 0 saturated heterocycles. The largest absolute Gasteiger partial charge is 0.497 e. The summed E-state index contributed by atoms with van der Waals surface area (Å²) < 4.78 is 7.78. The van der Waals surface area contributed by atoms with E-state index in [9.17, 15) is 0 Å². The minimum Gasteiger partial charge on any atom is -0.497 e. The molecule has 3 aromatic rings. The van der Waals surface area contributed by atoms with Crippen LogP contribution in [-0.4, -0.2) is 11.7 Å². The first kappa shape index (κ1) is 17.1. The number of ether oxygens (including phenoxy) is 1. The normalized spacial score (nSPS) is 16.0. The zero-order valence-corrected chi connectivity index (χ0v) is 15.9. The third-order valence-electron chi connectivity index (χ3n) is 5.05. The molecular formula is C22H24N2OS. The predicted octanol–water partition coefficient (Wildman–Crippen LogP) is 5.96. The number of nitrogens with zero attached hydrogens (tertiary/aromatic N) is 2. The van der Waals surface area contributed by atoms with Gasteiger partial charge in [0, 0.05) is 11.4 Å². The van der Waals surface area contributed by atoms with Crippen LogP contribution in [0, 0.1) is 0 Å². The van der Waals surface area contributed by atoms with E-state index < -0.39 is 0 Å². The van der Waals surface area contributed by atoms with E-state index in [1.54, 1.807) is 18.4 Å². The molecule has 0 radical (unpaired) electrons. The first-order valence-electron chi connectivity index (χ1n) is 9.29. The standard InChI is InChI=1S/C22H24N2OS/c1-25-20-14-12-17(13-15-20)21-16-26-22(23-18-8-4-2-5-9-18)24(21)19-10-6-3-7-11-19/h2,4-5,8-9,12-16,19H,3,6-7,10-11H2,1H3. The first-order chi connectivity index (χ1) is 12.8. The zero-order valence-electron chi connectivity index (χ0n) is 15.1. The minimum atomic E-state index is 0.537. The van der Waals surface area contributed by atoms with Crippen LogP contribution in [0.2, 0.25) is 0 Å². The number of thiazole rings is 1. The van der Waals surface area contributed by atoms with E-state index in [0.29, 0.717) is 6.04 Å². The van der Waals surface area contributed by atoms with Crippen LogP contribution < -0.4 is 9.54 Å². The summed E-state index contributed by atoms with van der Waals surface area (Å²) in [7, 11) is 1.71. The maximum atomic E-state index is 5.31. The van der Waals surface area contributed by atoms with Gasteiger partial charge in [-0.25, -0.2) is 4.99 Å². The van der Waals surface area contributed by atoms with E-state index in [1.807, 2.05) is 30.3 Å². The molecule has 1 aliphatic carbocycles. The van der Waals surface area contributed by atoms with Crippen molar-refractivity contribution >= 4 is 17.0 Å². The number of rotatable bonds is 4. The second kappa shape index (κ2) is 7.92. The molecule has 134 valence electrons. The van der Waals surface area contributed by atoms with Gasteiger partial charge in [0.15, 0.2) is 4.80 Å².